The second-order valence-corrected chi connectivity index (χ2v) is 7.35. The first-order valence-corrected chi connectivity index (χ1v) is 10.2. The molecule has 1 aliphatic rings. The number of benzene rings is 2. The molecule has 1 aliphatic heterocycles. The molecule has 1 aromatic heterocycles. The zero-order chi connectivity index (χ0) is 22.7. The highest BCUT2D eigenvalue weighted by Gasteiger charge is 2.34. The molecule has 0 bridgehead atoms. The van der Waals surface area contributed by atoms with E-state index in [1.165, 1.54) is 7.11 Å². The van der Waals surface area contributed by atoms with Crippen molar-refractivity contribution in [2.45, 2.75) is 25.7 Å². The fourth-order valence-electron chi connectivity index (χ4n) is 3.58. The minimum absolute atomic E-state index is 0.0591. The number of nitrogens with one attached hydrogen (secondary N) is 4. The highest BCUT2D eigenvalue weighted by molar-refractivity contribution is 6.04. The largest absolute Gasteiger partial charge is 0.495 e. The van der Waals surface area contributed by atoms with Crippen molar-refractivity contribution >= 4 is 35.0 Å². The number of ether oxygens (including phenoxy) is 1. The van der Waals surface area contributed by atoms with Crippen molar-refractivity contribution < 1.29 is 14.3 Å². The summed E-state index contributed by atoms with van der Waals surface area (Å²) in [6.07, 6.45) is 0.743. The Bertz CT molecular complexity index is 1220. The summed E-state index contributed by atoms with van der Waals surface area (Å²) in [5, 5.41) is 8.37. The first-order valence-electron chi connectivity index (χ1n) is 10.2. The number of amides is 2. The molecule has 1 atom stereocenters. The standard InChI is InChI=1S/C23H23N5O4/c1-3-13-8-10-14(11-9-13)24-21(30)15-12-18(29)26-20-19(15)22(31)28-23(27-20)25-16-6-4-5-7-17(16)32-2/h4-11,15H,3,12H2,1-2H3,(H,24,30)(H3,25,26,27,28,29,31)/t15-/m1/s1. The number of fused-ring (bicyclic) bond motifs is 1. The van der Waals surface area contributed by atoms with Crippen LogP contribution in [0.5, 0.6) is 5.75 Å². The Hall–Kier alpha value is -4.14. The third kappa shape index (κ3) is 4.31. The summed E-state index contributed by atoms with van der Waals surface area (Å²) >= 11 is 0. The van der Waals surface area contributed by atoms with Gasteiger partial charge in [0.05, 0.1) is 24.3 Å². The Labute approximate surface area is 184 Å². The van der Waals surface area contributed by atoms with Gasteiger partial charge in [0.15, 0.2) is 0 Å². The van der Waals surface area contributed by atoms with E-state index in [0.717, 1.165) is 12.0 Å². The van der Waals surface area contributed by atoms with E-state index in [9.17, 15) is 14.4 Å². The third-order valence-electron chi connectivity index (χ3n) is 5.26. The second-order valence-electron chi connectivity index (χ2n) is 7.35. The molecule has 0 unspecified atom stereocenters. The van der Waals surface area contributed by atoms with Gasteiger partial charge in [-0.1, -0.05) is 31.2 Å². The third-order valence-corrected chi connectivity index (χ3v) is 5.26. The molecule has 32 heavy (non-hydrogen) atoms. The van der Waals surface area contributed by atoms with E-state index in [0.29, 0.717) is 17.1 Å². The van der Waals surface area contributed by atoms with Crippen LogP contribution in [0.2, 0.25) is 0 Å². The number of H-pyrrole nitrogens is 1. The van der Waals surface area contributed by atoms with E-state index in [4.69, 9.17) is 4.74 Å². The Morgan fingerprint density at radius 3 is 2.62 bits per heavy atom. The number of aromatic nitrogens is 2. The first kappa shape index (κ1) is 21.1. The average molecular weight is 433 g/mol. The van der Waals surface area contributed by atoms with Gasteiger partial charge in [-0.25, -0.2) is 0 Å². The van der Waals surface area contributed by atoms with Crippen LogP contribution in [0.4, 0.5) is 23.1 Å². The molecule has 0 radical (unpaired) electrons. The summed E-state index contributed by atoms with van der Waals surface area (Å²) in [6.45, 7) is 2.04. The predicted molar refractivity (Wildman–Crippen MR) is 122 cm³/mol. The van der Waals surface area contributed by atoms with Gasteiger partial charge in [-0.2, -0.15) is 4.98 Å². The van der Waals surface area contributed by atoms with Crippen LogP contribution in [0.25, 0.3) is 0 Å². The van der Waals surface area contributed by atoms with E-state index in [-0.39, 0.29) is 29.7 Å². The lowest BCUT2D eigenvalue weighted by Gasteiger charge is -2.23. The molecule has 2 heterocycles. The molecule has 164 valence electrons. The van der Waals surface area contributed by atoms with Crippen LogP contribution < -0.4 is 26.2 Å². The molecule has 9 nitrogen and oxygen atoms in total. The maximum Gasteiger partial charge on any atom is 0.258 e. The van der Waals surface area contributed by atoms with Crippen molar-refractivity contribution in [3.8, 4) is 5.75 Å². The van der Waals surface area contributed by atoms with E-state index < -0.39 is 17.4 Å². The highest BCUT2D eigenvalue weighted by Crippen LogP contribution is 2.31. The van der Waals surface area contributed by atoms with Crippen molar-refractivity contribution in [1.29, 1.82) is 0 Å². The molecule has 0 fully saturated rings. The van der Waals surface area contributed by atoms with Crippen molar-refractivity contribution in [2.24, 2.45) is 0 Å². The summed E-state index contributed by atoms with van der Waals surface area (Å²) in [5.74, 6) is -1.05. The fourth-order valence-corrected chi connectivity index (χ4v) is 3.58. The maximum atomic E-state index is 12.9. The number of hydrogen-bond acceptors (Lipinski definition) is 6. The number of carbonyl (C=O) groups is 2. The smallest absolute Gasteiger partial charge is 0.258 e. The Morgan fingerprint density at radius 2 is 1.91 bits per heavy atom. The molecule has 3 aromatic rings. The number of aryl methyl sites for hydroxylation is 1. The minimum Gasteiger partial charge on any atom is -0.495 e. The van der Waals surface area contributed by atoms with E-state index in [2.05, 4.69) is 25.9 Å². The monoisotopic (exact) mass is 433 g/mol. The van der Waals surface area contributed by atoms with Gasteiger partial charge in [-0.3, -0.25) is 19.4 Å². The molecule has 2 aromatic carbocycles. The van der Waals surface area contributed by atoms with Gasteiger partial charge in [0, 0.05) is 12.1 Å². The number of carbonyl (C=O) groups excluding carboxylic acids is 2. The van der Waals surface area contributed by atoms with Gasteiger partial charge in [0.25, 0.3) is 5.56 Å². The van der Waals surface area contributed by atoms with Crippen LogP contribution in [0, 0.1) is 0 Å². The van der Waals surface area contributed by atoms with Crippen LogP contribution in [0.15, 0.2) is 53.3 Å². The zero-order valence-corrected chi connectivity index (χ0v) is 17.7. The molecule has 4 rings (SSSR count). The molecule has 2 amide bonds. The summed E-state index contributed by atoms with van der Waals surface area (Å²) in [5.41, 5.74) is 1.94. The topological polar surface area (TPSA) is 125 Å². The normalized spacial score (nSPS) is 14.8. The van der Waals surface area contributed by atoms with Crippen LogP contribution in [0.3, 0.4) is 0 Å². The summed E-state index contributed by atoms with van der Waals surface area (Å²) in [7, 11) is 1.53. The van der Waals surface area contributed by atoms with Crippen LogP contribution in [-0.2, 0) is 16.0 Å². The Balaban J connectivity index is 1.62. The summed E-state index contributed by atoms with van der Waals surface area (Å²) in [4.78, 5) is 45.1. The molecule has 4 N–H and O–H groups in total. The number of para-hydroxylation sites is 2. The molecule has 0 spiro atoms. The highest BCUT2D eigenvalue weighted by atomic mass is 16.5. The summed E-state index contributed by atoms with van der Waals surface area (Å²) < 4.78 is 5.29. The number of rotatable bonds is 6. The number of anilines is 4. The Morgan fingerprint density at radius 1 is 1.16 bits per heavy atom. The first-order chi connectivity index (χ1) is 15.5. The van der Waals surface area contributed by atoms with Crippen molar-refractivity contribution in [3.05, 3.63) is 70.0 Å². The molecular formula is C23H23N5O4. The number of methoxy groups -OCH3 is 1. The average Bonchev–Trinajstić information content (AvgIpc) is 2.79. The van der Waals surface area contributed by atoms with Gasteiger partial charge in [-0.15, -0.1) is 0 Å². The van der Waals surface area contributed by atoms with Gasteiger partial charge in [0.1, 0.15) is 11.6 Å². The van der Waals surface area contributed by atoms with Crippen LogP contribution >= 0.6 is 0 Å². The number of aromatic amines is 1. The zero-order valence-electron chi connectivity index (χ0n) is 17.7. The quantitative estimate of drug-likeness (QED) is 0.473. The lowest BCUT2D eigenvalue weighted by molar-refractivity contribution is -0.123. The minimum atomic E-state index is -0.957. The molecule has 0 saturated heterocycles. The number of hydrogen-bond donors (Lipinski definition) is 4. The van der Waals surface area contributed by atoms with Crippen LogP contribution in [0.1, 0.15) is 30.4 Å². The fraction of sp³-hybridized carbons (Fsp3) is 0.217. The predicted octanol–water partition coefficient (Wildman–Crippen LogP) is 3.15. The Kier molecular flexibility index (Phi) is 5.89. The van der Waals surface area contributed by atoms with Crippen molar-refractivity contribution in [3.63, 3.8) is 0 Å². The van der Waals surface area contributed by atoms with E-state index >= 15 is 0 Å². The van der Waals surface area contributed by atoms with Crippen LogP contribution in [-0.4, -0.2) is 28.9 Å². The van der Waals surface area contributed by atoms with Gasteiger partial charge in [0.2, 0.25) is 17.8 Å². The molecule has 0 aliphatic carbocycles. The lowest BCUT2D eigenvalue weighted by atomic mass is 9.92. The number of nitrogens with zero attached hydrogens (tertiary/aromatic N) is 1. The molecule has 9 heteroatoms. The maximum absolute atomic E-state index is 12.9. The SMILES string of the molecule is CCc1ccc(NC(=O)[C@@H]2CC(=O)Nc3nc(Nc4ccccc4OC)[nH]c(=O)c32)cc1. The van der Waals surface area contributed by atoms with Gasteiger partial charge < -0.3 is 20.7 Å². The van der Waals surface area contributed by atoms with E-state index in [1.54, 1.807) is 30.3 Å². The van der Waals surface area contributed by atoms with E-state index in [1.807, 2.05) is 25.1 Å². The van der Waals surface area contributed by atoms with Crippen molar-refractivity contribution in [2.75, 3.05) is 23.1 Å². The van der Waals surface area contributed by atoms with Gasteiger partial charge in [-0.05, 0) is 36.2 Å². The summed E-state index contributed by atoms with van der Waals surface area (Å²) in [6, 6.07) is 14.6. The molecular weight excluding hydrogens is 410 g/mol. The van der Waals surface area contributed by atoms with Gasteiger partial charge >= 0.3 is 0 Å². The lowest BCUT2D eigenvalue weighted by Crippen LogP contribution is -2.36. The second kappa shape index (κ2) is 8.93. The van der Waals surface area contributed by atoms with Crippen molar-refractivity contribution in [1.82, 2.24) is 9.97 Å². The molecule has 0 saturated carbocycles.